The molecule has 10 heteroatoms. The quantitative estimate of drug-likeness (QED) is 0.601. The van der Waals surface area contributed by atoms with E-state index >= 15 is 0 Å². The lowest BCUT2D eigenvalue weighted by atomic mass is 9.61. The highest BCUT2D eigenvalue weighted by atomic mass is 32.2. The summed E-state index contributed by atoms with van der Waals surface area (Å²) >= 11 is 0. The van der Waals surface area contributed by atoms with Gasteiger partial charge in [0.25, 0.3) is 0 Å². The van der Waals surface area contributed by atoms with Crippen LogP contribution in [0, 0.1) is 17.8 Å². The predicted octanol–water partition coefficient (Wildman–Crippen LogP) is -1.10. The molecule has 2 aliphatic rings. The van der Waals surface area contributed by atoms with Crippen LogP contribution in [0.3, 0.4) is 0 Å². The van der Waals surface area contributed by atoms with E-state index in [1.165, 1.54) is 7.05 Å². The summed E-state index contributed by atoms with van der Waals surface area (Å²) in [6.07, 6.45) is 5.48. The molecule has 2 N–H and O–H groups in total. The highest BCUT2D eigenvalue weighted by Crippen LogP contribution is 2.45. The lowest BCUT2D eigenvalue weighted by molar-refractivity contribution is -0.136. The molecule has 1 aliphatic carbocycles. The molecule has 0 unspecified atom stereocenters. The summed E-state index contributed by atoms with van der Waals surface area (Å²) in [7, 11) is -1.90. The highest BCUT2D eigenvalue weighted by Gasteiger charge is 2.47. The SMILES string of the molecule is CNS(=O)(=O)CCNC(=O)[C@@H]1C[C@H]2CCN(CCn3cnnc3)C[C@H]21. The maximum atomic E-state index is 12.3. The van der Waals surface area contributed by atoms with E-state index in [0.29, 0.717) is 11.8 Å². The average Bonchev–Trinajstić information content (AvgIpc) is 3.08. The van der Waals surface area contributed by atoms with Crippen LogP contribution in [0.15, 0.2) is 12.7 Å². The van der Waals surface area contributed by atoms with Crippen molar-refractivity contribution in [1.29, 1.82) is 0 Å². The second-order valence-corrected chi connectivity index (χ2v) is 8.92. The number of likely N-dealkylation sites (tertiary alicyclic amines) is 1. The number of carbonyl (C=O) groups is 1. The first-order valence-electron chi connectivity index (χ1n) is 8.72. The van der Waals surface area contributed by atoms with Crippen molar-refractivity contribution in [1.82, 2.24) is 29.7 Å². The fourth-order valence-electron chi connectivity index (χ4n) is 3.80. The summed E-state index contributed by atoms with van der Waals surface area (Å²) < 4.78 is 27.0. The number of piperidine rings is 1. The molecule has 0 aromatic carbocycles. The monoisotopic (exact) mass is 370 g/mol. The van der Waals surface area contributed by atoms with Crippen LogP contribution >= 0.6 is 0 Å². The van der Waals surface area contributed by atoms with E-state index in [9.17, 15) is 13.2 Å². The van der Waals surface area contributed by atoms with Gasteiger partial charge in [-0.05, 0) is 38.3 Å². The molecular formula is C15H26N6O3S. The van der Waals surface area contributed by atoms with Crippen LogP contribution in [0.4, 0.5) is 0 Å². The third-order valence-corrected chi connectivity index (χ3v) is 6.79. The first-order chi connectivity index (χ1) is 12.0. The van der Waals surface area contributed by atoms with Crippen LogP contribution in [0.1, 0.15) is 12.8 Å². The summed E-state index contributed by atoms with van der Waals surface area (Å²) in [5, 5.41) is 10.4. The van der Waals surface area contributed by atoms with Crippen LogP contribution in [-0.4, -0.2) is 73.0 Å². The minimum Gasteiger partial charge on any atom is -0.355 e. The molecule has 0 radical (unpaired) electrons. The molecule has 1 saturated carbocycles. The Labute approximate surface area is 148 Å². The molecule has 1 aliphatic heterocycles. The summed E-state index contributed by atoms with van der Waals surface area (Å²) in [5.41, 5.74) is 0. The molecule has 2 fully saturated rings. The van der Waals surface area contributed by atoms with Crippen molar-refractivity contribution in [3.63, 3.8) is 0 Å². The summed E-state index contributed by atoms with van der Waals surface area (Å²) in [4.78, 5) is 14.7. The van der Waals surface area contributed by atoms with Crippen LogP contribution < -0.4 is 10.0 Å². The van der Waals surface area contributed by atoms with Gasteiger partial charge in [0.15, 0.2) is 0 Å². The van der Waals surface area contributed by atoms with Crippen molar-refractivity contribution in [2.45, 2.75) is 19.4 Å². The molecule has 1 saturated heterocycles. The van der Waals surface area contributed by atoms with E-state index in [0.717, 1.165) is 39.0 Å². The smallest absolute Gasteiger partial charge is 0.223 e. The van der Waals surface area contributed by atoms with Gasteiger partial charge in [0.1, 0.15) is 12.7 Å². The molecule has 3 rings (SSSR count). The van der Waals surface area contributed by atoms with Gasteiger partial charge < -0.3 is 14.8 Å². The Morgan fingerprint density at radius 3 is 2.76 bits per heavy atom. The van der Waals surface area contributed by atoms with Gasteiger partial charge in [0.2, 0.25) is 15.9 Å². The fraction of sp³-hybridized carbons (Fsp3) is 0.800. The summed E-state index contributed by atoms with van der Waals surface area (Å²) in [6, 6.07) is 0. The summed E-state index contributed by atoms with van der Waals surface area (Å²) in [5.74, 6) is 0.938. The molecule has 25 heavy (non-hydrogen) atoms. The molecule has 9 nitrogen and oxygen atoms in total. The molecule has 1 aromatic rings. The molecule has 0 spiro atoms. The number of aromatic nitrogens is 3. The number of nitrogens with zero attached hydrogens (tertiary/aromatic N) is 4. The van der Waals surface area contributed by atoms with Gasteiger partial charge in [0.05, 0.1) is 5.75 Å². The number of rotatable bonds is 8. The van der Waals surface area contributed by atoms with Gasteiger partial charge in [0, 0.05) is 32.1 Å². The zero-order valence-electron chi connectivity index (χ0n) is 14.5. The minimum absolute atomic E-state index is 0.00628. The Kier molecular flexibility index (Phi) is 5.70. The highest BCUT2D eigenvalue weighted by molar-refractivity contribution is 7.89. The summed E-state index contributed by atoms with van der Waals surface area (Å²) in [6.45, 7) is 3.93. The maximum Gasteiger partial charge on any atom is 0.223 e. The Morgan fingerprint density at radius 2 is 2.04 bits per heavy atom. The van der Waals surface area contributed by atoms with Crippen molar-refractivity contribution >= 4 is 15.9 Å². The zero-order valence-corrected chi connectivity index (χ0v) is 15.3. The Hall–Kier alpha value is -1.52. The van der Waals surface area contributed by atoms with E-state index in [2.05, 4.69) is 25.1 Å². The standard InChI is InChI=1S/C15H26N6O3S/c1-16-25(23,24)7-3-17-15(22)13-8-12-2-4-20(9-14(12)13)5-6-21-10-18-19-11-21/h10-14,16H,2-9H2,1H3,(H,17,22)/t12-,13-,14-/m1/s1. The van der Waals surface area contributed by atoms with E-state index in [-0.39, 0.29) is 24.1 Å². The topological polar surface area (TPSA) is 109 Å². The second kappa shape index (κ2) is 7.79. The largest absolute Gasteiger partial charge is 0.355 e. The molecular weight excluding hydrogens is 344 g/mol. The van der Waals surface area contributed by atoms with Gasteiger partial charge in [-0.15, -0.1) is 10.2 Å². The number of carbonyl (C=O) groups excluding carboxylic acids is 1. The first kappa shape index (κ1) is 18.3. The van der Waals surface area contributed by atoms with Gasteiger partial charge in [-0.25, -0.2) is 13.1 Å². The minimum atomic E-state index is -3.28. The van der Waals surface area contributed by atoms with E-state index in [1.807, 2.05) is 4.57 Å². The Bertz CT molecular complexity index is 677. The molecule has 1 amide bonds. The maximum absolute atomic E-state index is 12.3. The van der Waals surface area contributed by atoms with Crippen molar-refractivity contribution < 1.29 is 13.2 Å². The second-order valence-electron chi connectivity index (χ2n) is 6.87. The van der Waals surface area contributed by atoms with Crippen molar-refractivity contribution in [3.05, 3.63) is 12.7 Å². The number of amides is 1. The average molecular weight is 370 g/mol. The predicted molar refractivity (Wildman–Crippen MR) is 92.0 cm³/mol. The van der Waals surface area contributed by atoms with Crippen molar-refractivity contribution in [3.8, 4) is 0 Å². The lowest BCUT2D eigenvalue weighted by Gasteiger charge is -2.50. The number of sulfonamides is 1. The van der Waals surface area contributed by atoms with Gasteiger partial charge >= 0.3 is 0 Å². The number of fused-ring (bicyclic) bond motifs is 1. The number of hydrogen-bond donors (Lipinski definition) is 2. The molecule has 0 bridgehead atoms. The van der Waals surface area contributed by atoms with Gasteiger partial charge in [-0.2, -0.15) is 0 Å². The van der Waals surface area contributed by atoms with Gasteiger partial charge in [-0.1, -0.05) is 0 Å². The van der Waals surface area contributed by atoms with E-state index in [4.69, 9.17) is 0 Å². The fourth-order valence-corrected chi connectivity index (χ4v) is 4.37. The third-order valence-electron chi connectivity index (χ3n) is 5.42. The first-order valence-corrected chi connectivity index (χ1v) is 10.4. The molecule has 3 atom stereocenters. The van der Waals surface area contributed by atoms with Crippen LogP contribution in [-0.2, 0) is 21.4 Å². The Morgan fingerprint density at radius 1 is 1.28 bits per heavy atom. The van der Waals surface area contributed by atoms with E-state index < -0.39 is 10.0 Å². The van der Waals surface area contributed by atoms with Crippen LogP contribution in [0.5, 0.6) is 0 Å². The third kappa shape index (κ3) is 4.56. The van der Waals surface area contributed by atoms with Gasteiger partial charge in [-0.3, -0.25) is 4.79 Å². The van der Waals surface area contributed by atoms with E-state index in [1.54, 1.807) is 12.7 Å². The Balaban J connectivity index is 1.43. The number of nitrogens with one attached hydrogen (secondary N) is 2. The molecule has 1 aromatic heterocycles. The zero-order chi connectivity index (χ0) is 17.9. The van der Waals surface area contributed by atoms with Crippen LogP contribution in [0.25, 0.3) is 0 Å². The van der Waals surface area contributed by atoms with Crippen LogP contribution in [0.2, 0.25) is 0 Å². The van der Waals surface area contributed by atoms with Crippen molar-refractivity contribution in [2.24, 2.45) is 17.8 Å². The van der Waals surface area contributed by atoms with Crippen molar-refractivity contribution in [2.75, 3.05) is 39.0 Å². The molecule has 2 heterocycles. The normalized spacial score (nSPS) is 26.7. The number of hydrogen-bond acceptors (Lipinski definition) is 6. The lowest BCUT2D eigenvalue weighted by Crippen LogP contribution is -2.55. The molecule has 140 valence electrons.